The van der Waals surface area contributed by atoms with Gasteiger partial charge in [0.05, 0.1) is 46.3 Å². The number of aromatic amines is 1. The molecule has 0 radical (unpaired) electrons. The van der Waals surface area contributed by atoms with Crippen LogP contribution in [-0.4, -0.2) is 51.2 Å². The van der Waals surface area contributed by atoms with Crippen LogP contribution in [0.15, 0.2) is 53.6 Å². The summed E-state index contributed by atoms with van der Waals surface area (Å²) in [7, 11) is 1.81. The lowest BCUT2D eigenvalue weighted by molar-refractivity contribution is -0.135. The van der Waals surface area contributed by atoms with Crippen molar-refractivity contribution in [3.05, 3.63) is 70.2 Å². The summed E-state index contributed by atoms with van der Waals surface area (Å²) in [6, 6.07) is 10.8. The Morgan fingerprint density at radius 2 is 2.10 bits per heavy atom. The number of benzene rings is 2. The smallest absolute Gasteiger partial charge is 0.240 e. The average molecular weight is 610 g/mol. The third-order valence-electron chi connectivity index (χ3n) is 7.71. The molecule has 2 atom stereocenters. The van der Waals surface area contributed by atoms with E-state index in [1.165, 1.54) is 6.07 Å². The van der Waals surface area contributed by atoms with Crippen LogP contribution in [0, 0.1) is 11.7 Å². The van der Waals surface area contributed by atoms with E-state index in [0.29, 0.717) is 52.2 Å². The number of thioether (sulfide) groups is 1. The van der Waals surface area contributed by atoms with E-state index >= 15 is 4.39 Å². The highest BCUT2D eigenvalue weighted by Crippen LogP contribution is 2.51. The van der Waals surface area contributed by atoms with Crippen molar-refractivity contribution < 1.29 is 13.9 Å². The highest BCUT2D eigenvalue weighted by molar-refractivity contribution is 8.02. The number of nitrogens with zero attached hydrogens (tertiary/aromatic N) is 3. The van der Waals surface area contributed by atoms with Crippen LogP contribution in [0.5, 0.6) is 5.75 Å². The van der Waals surface area contributed by atoms with E-state index in [-0.39, 0.29) is 17.9 Å². The van der Waals surface area contributed by atoms with Crippen LogP contribution >= 0.6 is 23.4 Å². The number of para-hydroxylation sites is 1. The molecule has 3 heterocycles. The molecule has 1 aliphatic heterocycles. The Labute approximate surface area is 255 Å². The lowest BCUT2D eigenvalue weighted by Crippen LogP contribution is -2.48. The van der Waals surface area contributed by atoms with Crippen molar-refractivity contribution in [2.24, 2.45) is 5.92 Å². The van der Waals surface area contributed by atoms with Crippen LogP contribution in [0.2, 0.25) is 5.02 Å². The maximum atomic E-state index is 16.1. The van der Waals surface area contributed by atoms with Gasteiger partial charge in [0.25, 0.3) is 0 Å². The Morgan fingerprint density at radius 3 is 2.76 bits per heavy atom. The molecule has 0 aliphatic carbocycles. The number of carbonyl (C=O) groups excluding carboxylic acids is 1. The van der Waals surface area contributed by atoms with E-state index in [4.69, 9.17) is 16.3 Å². The van der Waals surface area contributed by atoms with Crippen molar-refractivity contribution in [3.63, 3.8) is 0 Å². The number of amides is 1. The van der Waals surface area contributed by atoms with Crippen molar-refractivity contribution in [3.8, 4) is 28.3 Å². The first-order valence-electron chi connectivity index (χ1n) is 14.2. The molecule has 0 saturated heterocycles. The molecule has 5 rings (SSSR count). The number of imidazole rings is 1. The van der Waals surface area contributed by atoms with Crippen molar-refractivity contribution >= 4 is 40.2 Å². The monoisotopic (exact) mass is 609 g/mol. The van der Waals surface area contributed by atoms with E-state index in [2.05, 4.69) is 15.3 Å². The van der Waals surface area contributed by atoms with Crippen LogP contribution in [0.4, 0.5) is 4.39 Å². The molecule has 1 aliphatic rings. The summed E-state index contributed by atoms with van der Waals surface area (Å²) in [5, 5.41) is 4.48. The topological polar surface area (TPSA) is 75.2 Å². The Morgan fingerprint density at radius 1 is 1.33 bits per heavy atom. The average Bonchev–Trinajstić information content (AvgIpc) is 3.56. The predicted molar refractivity (Wildman–Crippen MR) is 170 cm³/mol. The van der Waals surface area contributed by atoms with Gasteiger partial charge in [0.2, 0.25) is 12.1 Å². The Bertz CT molecular complexity index is 1650. The van der Waals surface area contributed by atoms with Gasteiger partial charge in [0, 0.05) is 22.4 Å². The SMILES string of the molecule is C/C=C(\SC)C1Oc2cc(-c3cnc(CN(CCC)C(=O)C(NC)C(C)C)[nH]3)cc(F)c2-c2c(Cl)c3ccccc3n21. The minimum atomic E-state index is -0.494. The third-order valence-corrected chi connectivity index (χ3v) is 9.00. The number of hydrogen-bond acceptors (Lipinski definition) is 5. The molecule has 0 fully saturated rings. The summed E-state index contributed by atoms with van der Waals surface area (Å²) >= 11 is 8.50. The fourth-order valence-corrected chi connectivity index (χ4v) is 6.66. The molecule has 4 aromatic rings. The molecule has 2 N–H and O–H groups in total. The number of aromatic nitrogens is 3. The molecular formula is C32H37ClFN5O2S. The molecule has 42 heavy (non-hydrogen) atoms. The number of halogens is 2. The summed E-state index contributed by atoms with van der Waals surface area (Å²) in [4.78, 5) is 23.9. The maximum absolute atomic E-state index is 16.1. The number of rotatable bonds is 10. The molecule has 1 amide bonds. The first kappa shape index (κ1) is 30.2. The van der Waals surface area contributed by atoms with Gasteiger partial charge in [0.1, 0.15) is 17.4 Å². The van der Waals surface area contributed by atoms with Gasteiger partial charge in [-0.05, 0) is 50.8 Å². The van der Waals surface area contributed by atoms with Crippen LogP contribution in [0.25, 0.3) is 33.4 Å². The fourth-order valence-electron chi connectivity index (χ4n) is 5.72. The molecule has 2 aromatic heterocycles. The predicted octanol–water partition coefficient (Wildman–Crippen LogP) is 7.63. The van der Waals surface area contributed by atoms with Crippen LogP contribution in [-0.2, 0) is 11.3 Å². The molecule has 0 saturated carbocycles. The van der Waals surface area contributed by atoms with Gasteiger partial charge in [-0.3, -0.25) is 9.36 Å². The van der Waals surface area contributed by atoms with E-state index in [1.54, 1.807) is 25.0 Å². The minimum Gasteiger partial charge on any atom is -0.465 e. The molecule has 10 heteroatoms. The van der Waals surface area contributed by atoms with Crippen LogP contribution in [0.1, 0.15) is 46.2 Å². The first-order chi connectivity index (χ1) is 20.2. The van der Waals surface area contributed by atoms with Crippen molar-refractivity contribution in [1.82, 2.24) is 24.8 Å². The van der Waals surface area contributed by atoms with Gasteiger partial charge in [0.15, 0.2) is 0 Å². The quantitative estimate of drug-likeness (QED) is 0.193. The summed E-state index contributed by atoms with van der Waals surface area (Å²) in [5.41, 5.74) is 3.05. The second kappa shape index (κ2) is 12.5. The number of H-pyrrole nitrogens is 1. The number of carbonyl (C=O) groups is 1. The number of likely N-dealkylation sites (N-methyl/N-ethyl adjacent to an activating group) is 1. The van der Waals surface area contributed by atoms with Crippen molar-refractivity contribution in [2.75, 3.05) is 19.8 Å². The third kappa shape index (κ3) is 5.34. The zero-order valence-electron chi connectivity index (χ0n) is 24.8. The van der Waals surface area contributed by atoms with Gasteiger partial charge in [-0.1, -0.05) is 56.6 Å². The minimum absolute atomic E-state index is 0.0346. The number of allylic oxidation sites excluding steroid dienone is 1. The Balaban J connectivity index is 1.54. The van der Waals surface area contributed by atoms with Gasteiger partial charge in [-0.15, -0.1) is 11.8 Å². The maximum Gasteiger partial charge on any atom is 0.240 e. The van der Waals surface area contributed by atoms with Gasteiger partial charge < -0.3 is 19.9 Å². The number of ether oxygens (including phenoxy) is 1. The zero-order valence-corrected chi connectivity index (χ0v) is 26.4. The standard InChI is InChI=1S/C32H37ClFN5O2S/c1-7-13-38(31(40)29(35-5)18(3)4)17-26-36-16-22(37-26)19-14-21(34)27-24(15-19)41-32(25(8-2)42-6)39-23-12-10-9-11-20(23)28(33)30(27)39/h8-12,14-16,18,29,32,35H,7,13,17H2,1-6H3,(H,36,37)/b25-8-. The number of fused-ring (bicyclic) bond motifs is 5. The first-order valence-corrected chi connectivity index (χ1v) is 15.8. The molecular weight excluding hydrogens is 573 g/mol. The normalized spacial score (nSPS) is 15.5. The highest BCUT2D eigenvalue weighted by atomic mass is 35.5. The van der Waals surface area contributed by atoms with E-state index < -0.39 is 12.0 Å². The summed E-state index contributed by atoms with van der Waals surface area (Å²) in [5.74, 6) is 0.786. The van der Waals surface area contributed by atoms with E-state index in [0.717, 1.165) is 22.2 Å². The molecule has 0 spiro atoms. The molecule has 2 aromatic carbocycles. The zero-order chi connectivity index (χ0) is 30.1. The second-order valence-electron chi connectivity index (χ2n) is 10.8. The second-order valence-corrected chi connectivity index (χ2v) is 12.0. The molecule has 0 bridgehead atoms. The summed E-state index contributed by atoms with van der Waals surface area (Å²) in [6.07, 6.45) is 6.01. The van der Waals surface area contributed by atoms with Crippen molar-refractivity contribution in [1.29, 1.82) is 0 Å². The Kier molecular flexibility index (Phi) is 9.01. The number of hydrogen-bond donors (Lipinski definition) is 2. The molecule has 7 nitrogen and oxygen atoms in total. The van der Waals surface area contributed by atoms with Gasteiger partial charge in [-0.25, -0.2) is 9.37 Å². The fraction of sp³-hybridized carbons (Fsp3) is 0.375. The van der Waals surface area contributed by atoms with Gasteiger partial charge in [-0.2, -0.15) is 0 Å². The van der Waals surface area contributed by atoms with E-state index in [9.17, 15) is 4.79 Å². The van der Waals surface area contributed by atoms with Crippen molar-refractivity contribution in [2.45, 2.75) is 52.9 Å². The molecule has 2 unspecified atom stereocenters. The lowest BCUT2D eigenvalue weighted by Gasteiger charge is -2.31. The number of nitrogens with one attached hydrogen (secondary N) is 2. The van der Waals surface area contributed by atoms with Gasteiger partial charge >= 0.3 is 0 Å². The Hall–Kier alpha value is -3.27. The lowest BCUT2D eigenvalue weighted by atomic mass is 10.0. The van der Waals surface area contributed by atoms with E-state index in [1.807, 2.05) is 79.8 Å². The van der Waals surface area contributed by atoms with Crippen LogP contribution in [0.3, 0.4) is 0 Å². The van der Waals surface area contributed by atoms with Crippen LogP contribution < -0.4 is 10.1 Å². The largest absolute Gasteiger partial charge is 0.465 e. The summed E-state index contributed by atoms with van der Waals surface area (Å²) < 4.78 is 24.6. The highest BCUT2D eigenvalue weighted by Gasteiger charge is 2.35. The summed E-state index contributed by atoms with van der Waals surface area (Å²) in [6.45, 7) is 9.00. The molecule has 222 valence electrons.